The van der Waals surface area contributed by atoms with Crippen molar-refractivity contribution < 1.29 is 9.13 Å². The standard InChI is InChI=1S/C14H15FN2O/c1-10-5-6-11(15)13(8-10)18-14(9-16)12-4-2-3-7-17-12/h2-8,14H,9,16H2,1H3. The van der Waals surface area contributed by atoms with Crippen molar-refractivity contribution in [1.82, 2.24) is 4.98 Å². The van der Waals surface area contributed by atoms with Gasteiger partial charge in [-0.3, -0.25) is 4.98 Å². The molecule has 3 nitrogen and oxygen atoms in total. The minimum atomic E-state index is -0.442. The van der Waals surface area contributed by atoms with Crippen molar-refractivity contribution >= 4 is 0 Å². The first kappa shape index (κ1) is 12.5. The molecule has 0 amide bonds. The number of ether oxygens (including phenoxy) is 1. The largest absolute Gasteiger partial charge is 0.480 e. The highest BCUT2D eigenvalue weighted by Crippen LogP contribution is 2.24. The maximum Gasteiger partial charge on any atom is 0.165 e. The number of hydrogen-bond donors (Lipinski definition) is 1. The van der Waals surface area contributed by atoms with Gasteiger partial charge in [0.15, 0.2) is 17.7 Å². The topological polar surface area (TPSA) is 48.1 Å². The Morgan fingerprint density at radius 3 is 2.83 bits per heavy atom. The van der Waals surface area contributed by atoms with Gasteiger partial charge >= 0.3 is 0 Å². The highest BCUT2D eigenvalue weighted by molar-refractivity contribution is 5.30. The van der Waals surface area contributed by atoms with E-state index in [0.717, 1.165) is 5.56 Å². The van der Waals surface area contributed by atoms with Crippen LogP contribution in [0.5, 0.6) is 5.75 Å². The Balaban J connectivity index is 2.23. The van der Waals surface area contributed by atoms with E-state index in [4.69, 9.17) is 10.5 Å². The fourth-order valence-corrected chi connectivity index (χ4v) is 1.65. The Labute approximate surface area is 105 Å². The number of nitrogens with two attached hydrogens (primary N) is 1. The molecule has 0 aliphatic heterocycles. The van der Waals surface area contributed by atoms with Gasteiger partial charge in [0.25, 0.3) is 0 Å². The minimum Gasteiger partial charge on any atom is -0.480 e. The van der Waals surface area contributed by atoms with Gasteiger partial charge in [-0.25, -0.2) is 4.39 Å². The summed E-state index contributed by atoms with van der Waals surface area (Å²) in [6.07, 6.45) is 1.22. The van der Waals surface area contributed by atoms with E-state index in [1.54, 1.807) is 18.3 Å². The molecule has 0 aliphatic carbocycles. The minimum absolute atomic E-state index is 0.205. The van der Waals surface area contributed by atoms with Crippen molar-refractivity contribution in [2.24, 2.45) is 5.73 Å². The number of aromatic nitrogens is 1. The van der Waals surface area contributed by atoms with Crippen LogP contribution in [0.1, 0.15) is 17.4 Å². The smallest absolute Gasteiger partial charge is 0.165 e. The van der Waals surface area contributed by atoms with Crippen molar-refractivity contribution in [2.45, 2.75) is 13.0 Å². The lowest BCUT2D eigenvalue weighted by Crippen LogP contribution is -2.20. The summed E-state index contributed by atoms with van der Waals surface area (Å²) in [5.74, 6) is -0.189. The maximum atomic E-state index is 13.6. The second-order valence-electron chi connectivity index (χ2n) is 4.03. The first-order valence-electron chi connectivity index (χ1n) is 5.74. The molecule has 18 heavy (non-hydrogen) atoms. The summed E-state index contributed by atoms with van der Waals surface area (Å²) in [5.41, 5.74) is 7.28. The molecule has 1 aromatic carbocycles. The lowest BCUT2D eigenvalue weighted by Gasteiger charge is -2.17. The zero-order valence-electron chi connectivity index (χ0n) is 10.1. The average Bonchev–Trinajstić information content (AvgIpc) is 2.41. The third-order valence-corrected chi connectivity index (χ3v) is 2.59. The predicted molar refractivity (Wildman–Crippen MR) is 67.8 cm³/mol. The fourth-order valence-electron chi connectivity index (χ4n) is 1.65. The number of pyridine rings is 1. The third kappa shape index (κ3) is 2.84. The summed E-state index contributed by atoms with van der Waals surface area (Å²) in [7, 11) is 0. The van der Waals surface area contributed by atoms with Crippen LogP contribution >= 0.6 is 0 Å². The fraction of sp³-hybridized carbons (Fsp3) is 0.214. The Morgan fingerprint density at radius 1 is 1.33 bits per heavy atom. The Hall–Kier alpha value is -1.94. The molecule has 2 rings (SSSR count). The van der Waals surface area contributed by atoms with Gasteiger partial charge in [0.2, 0.25) is 0 Å². The summed E-state index contributed by atoms with van der Waals surface area (Å²) in [6.45, 7) is 2.12. The normalized spacial score (nSPS) is 12.2. The van der Waals surface area contributed by atoms with Crippen LogP contribution in [0, 0.1) is 12.7 Å². The molecule has 1 aromatic heterocycles. The van der Waals surface area contributed by atoms with Crippen LogP contribution in [-0.2, 0) is 0 Å². The van der Waals surface area contributed by atoms with Crippen LogP contribution in [0.4, 0.5) is 4.39 Å². The molecule has 2 aromatic rings. The summed E-state index contributed by atoms with van der Waals surface area (Å²) in [6, 6.07) is 10.2. The zero-order chi connectivity index (χ0) is 13.0. The van der Waals surface area contributed by atoms with E-state index in [2.05, 4.69) is 4.98 Å². The first-order valence-corrected chi connectivity index (χ1v) is 5.74. The van der Waals surface area contributed by atoms with E-state index in [9.17, 15) is 4.39 Å². The molecule has 1 heterocycles. The van der Waals surface area contributed by atoms with Gasteiger partial charge in [-0.2, -0.15) is 0 Å². The van der Waals surface area contributed by atoms with Crippen LogP contribution in [0.3, 0.4) is 0 Å². The van der Waals surface area contributed by atoms with E-state index in [1.165, 1.54) is 6.07 Å². The lowest BCUT2D eigenvalue weighted by atomic mass is 10.2. The molecule has 0 saturated heterocycles. The third-order valence-electron chi connectivity index (χ3n) is 2.59. The van der Waals surface area contributed by atoms with Crippen LogP contribution in [0.15, 0.2) is 42.6 Å². The van der Waals surface area contributed by atoms with Gasteiger partial charge in [-0.05, 0) is 36.8 Å². The molecule has 0 radical (unpaired) electrons. The Bertz CT molecular complexity index is 516. The van der Waals surface area contributed by atoms with Gasteiger partial charge in [0, 0.05) is 12.7 Å². The summed E-state index contributed by atoms with van der Waals surface area (Å²) in [5, 5.41) is 0. The molecule has 0 aliphatic rings. The van der Waals surface area contributed by atoms with Crippen molar-refractivity contribution in [3.63, 3.8) is 0 Å². The van der Waals surface area contributed by atoms with Gasteiger partial charge in [0.1, 0.15) is 0 Å². The molecule has 94 valence electrons. The SMILES string of the molecule is Cc1ccc(F)c(OC(CN)c2ccccn2)c1. The Morgan fingerprint density at radius 2 is 2.17 bits per heavy atom. The van der Waals surface area contributed by atoms with Gasteiger partial charge < -0.3 is 10.5 Å². The van der Waals surface area contributed by atoms with E-state index < -0.39 is 11.9 Å². The number of nitrogens with zero attached hydrogens (tertiary/aromatic N) is 1. The van der Waals surface area contributed by atoms with Crippen LogP contribution < -0.4 is 10.5 Å². The van der Waals surface area contributed by atoms with Gasteiger partial charge in [-0.15, -0.1) is 0 Å². The Kier molecular flexibility index (Phi) is 3.89. The van der Waals surface area contributed by atoms with Crippen molar-refractivity contribution in [3.8, 4) is 5.75 Å². The molecular formula is C14H15FN2O. The summed E-state index contributed by atoms with van der Waals surface area (Å²) in [4.78, 5) is 4.17. The molecular weight excluding hydrogens is 231 g/mol. The number of benzene rings is 1. The zero-order valence-corrected chi connectivity index (χ0v) is 10.1. The van der Waals surface area contributed by atoms with Gasteiger partial charge in [-0.1, -0.05) is 12.1 Å². The molecule has 0 bridgehead atoms. The molecule has 0 fully saturated rings. The lowest BCUT2D eigenvalue weighted by molar-refractivity contribution is 0.200. The average molecular weight is 246 g/mol. The summed E-state index contributed by atoms with van der Waals surface area (Å²) >= 11 is 0. The van der Waals surface area contributed by atoms with E-state index in [1.807, 2.05) is 25.1 Å². The molecule has 2 N–H and O–H groups in total. The number of aryl methyl sites for hydroxylation is 1. The van der Waals surface area contributed by atoms with Crippen LogP contribution in [0.25, 0.3) is 0 Å². The van der Waals surface area contributed by atoms with Crippen molar-refractivity contribution in [1.29, 1.82) is 0 Å². The number of rotatable bonds is 4. The van der Waals surface area contributed by atoms with Crippen LogP contribution in [-0.4, -0.2) is 11.5 Å². The molecule has 0 saturated carbocycles. The second-order valence-corrected chi connectivity index (χ2v) is 4.03. The quantitative estimate of drug-likeness (QED) is 0.902. The van der Waals surface area contributed by atoms with E-state index in [-0.39, 0.29) is 12.3 Å². The first-order chi connectivity index (χ1) is 8.70. The van der Waals surface area contributed by atoms with Gasteiger partial charge in [0.05, 0.1) is 5.69 Å². The molecule has 0 spiro atoms. The van der Waals surface area contributed by atoms with Crippen LogP contribution in [0.2, 0.25) is 0 Å². The monoisotopic (exact) mass is 246 g/mol. The second kappa shape index (κ2) is 5.60. The molecule has 1 unspecified atom stereocenters. The molecule has 4 heteroatoms. The highest BCUT2D eigenvalue weighted by atomic mass is 19.1. The van der Waals surface area contributed by atoms with Crippen molar-refractivity contribution in [3.05, 3.63) is 59.7 Å². The number of hydrogen-bond acceptors (Lipinski definition) is 3. The predicted octanol–water partition coefficient (Wildman–Crippen LogP) is 2.61. The van der Waals surface area contributed by atoms with Crippen molar-refractivity contribution in [2.75, 3.05) is 6.54 Å². The number of halogens is 1. The van der Waals surface area contributed by atoms with E-state index in [0.29, 0.717) is 5.69 Å². The maximum absolute atomic E-state index is 13.6. The highest BCUT2D eigenvalue weighted by Gasteiger charge is 2.14. The molecule has 1 atom stereocenters. The summed E-state index contributed by atoms with van der Waals surface area (Å²) < 4.78 is 19.2. The van der Waals surface area contributed by atoms with E-state index >= 15 is 0 Å².